The molecule has 1 heterocycles. The van der Waals surface area contributed by atoms with Gasteiger partial charge in [0.1, 0.15) is 5.75 Å². The van der Waals surface area contributed by atoms with E-state index in [9.17, 15) is 19.7 Å². The van der Waals surface area contributed by atoms with Gasteiger partial charge in [0.05, 0.1) is 24.3 Å². The average Bonchev–Trinajstić information content (AvgIpc) is 2.87. The van der Waals surface area contributed by atoms with Crippen LogP contribution in [0.1, 0.15) is 54.3 Å². The SMILES string of the molecule is CCNCC.CCOc1ccc2c(c1)C(=O)N(CCCCO[N+](=O)[O-])C2=O. The molecule has 1 N–H and O–H groups in total. The smallest absolute Gasteiger partial charge is 0.294 e. The van der Waals surface area contributed by atoms with Crippen molar-refractivity contribution in [3.8, 4) is 5.75 Å². The third-order valence-corrected chi connectivity index (χ3v) is 3.73. The van der Waals surface area contributed by atoms with E-state index in [1.807, 2.05) is 6.92 Å². The monoisotopic (exact) mass is 381 g/mol. The Morgan fingerprint density at radius 2 is 1.74 bits per heavy atom. The topological polar surface area (TPSA) is 111 Å². The van der Waals surface area contributed by atoms with Crippen LogP contribution in [0, 0.1) is 10.1 Å². The molecule has 9 heteroatoms. The van der Waals surface area contributed by atoms with E-state index in [0.29, 0.717) is 36.3 Å². The first-order valence-corrected chi connectivity index (χ1v) is 9.07. The Bertz CT molecular complexity index is 648. The number of carbonyl (C=O) groups is 2. The summed E-state index contributed by atoms with van der Waals surface area (Å²) in [5.74, 6) is -0.168. The average molecular weight is 381 g/mol. The van der Waals surface area contributed by atoms with Gasteiger partial charge < -0.3 is 14.9 Å². The number of nitrogens with one attached hydrogen (secondary N) is 1. The van der Waals surface area contributed by atoms with Crippen LogP contribution in [-0.4, -0.2) is 54.6 Å². The Labute approximate surface area is 158 Å². The number of nitrogens with zero attached hydrogens (tertiary/aromatic N) is 2. The van der Waals surface area contributed by atoms with Gasteiger partial charge in [-0.05, 0) is 51.1 Å². The highest BCUT2D eigenvalue weighted by Gasteiger charge is 2.35. The molecule has 9 nitrogen and oxygen atoms in total. The molecule has 1 aromatic carbocycles. The molecular weight excluding hydrogens is 354 g/mol. The molecule has 0 fully saturated rings. The van der Waals surface area contributed by atoms with Crippen LogP contribution in [-0.2, 0) is 4.84 Å². The normalized spacial score (nSPS) is 12.3. The molecule has 0 bridgehead atoms. The molecule has 0 radical (unpaired) electrons. The second-order valence-corrected chi connectivity index (χ2v) is 5.62. The number of imide groups is 1. The van der Waals surface area contributed by atoms with E-state index in [1.165, 1.54) is 0 Å². The Balaban J connectivity index is 0.000000646. The highest BCUT2D eigenvalue weighted by Crippen LogP contribution is 2.27. The predicted molar refractivity (Wildman–Crippen MR) is 99.4 cm³/mol. The summed E-state index contributed by atoms with van der Waals surface area (Å²) in [5, 5.41) is 12.3. The summed E-state index contributed by atoms with van der Waals surface area (Å²) in [6, 6.07) is 4.80. The van der Waals surface area contributed by atoms with Gasteiger partial charge in [-0.15, -0.1) is 10.1 Å². The second kappa shape index (κ2) is 11.8. The number of carbonyl (C=O) groups excluding carboxylic acids is 2. The summed E-state index contributed by atoms with van der Waals surface area (Å²) in [6.07, 6.45) is 0.830. The zero-order valence-corrected chi connectivity index (χ0v) is 16.0. The first-order valence-electron chi connectivity index (χ1n) is 9.07. The minimum absolute atomic E-state index is 0.0509. The molecule has 0 aromatic heterocycles. The first kappa shape index (κ1) is 22.4. The highest BCUT2D eigenvalue weighted by molar-refractivity contribution is 6.21. The number of fused-ring (bicyclic) bond motifs is 1. The number of rotatable bonds is 10. The Hall–Kier alpha value is -2.68. The van der Waals surface area contributed by atoms with Crippen molar-refractivity contribution >= 4 is 11.8 Å². The van der Waals surface area contributed by atoms with Gasteiger partial charge in [-0.1, -0.05) is 13.8 Å². The Kier molecular flexibility index (Phi) is 9.81. The summed E-state index contributed by atoms with van der Waals surface area (Å²) in [7, 11) is 0. The van der Waals surface area contributed by atoms with Gasteiger partial charge in [0.2, 0.25) is 0 Å². The molecule has 0 unspecified atom stereocenters. The molecule has 27 heavy (non-hydrogen) atoms. The zero-order valence-electron chi connectivity index (χ0n) is 16.0. The van der Waals surface area contributed by atoms with E-state index in [-0.39, 0.29) is 25.0 Å². The number of amides is 2. The van der Waals surface area contributed by atoms with Gasteiger partial charge in [0.25, 0.3) is 16.9 Å². The van der Waals surface area contributed by atoms with Crippen LogP contribution in [0.15, 0.2) is 18.2 Å². The van der Waals surface area contributed by atoms with Crippen LogP contribution in [0.4, 0.5) is 0 Å². The van der Waals surface area contributed by atoms with Crippen molar-refractivity contribution in [2.45, 2.75) is 33.6 Å². The van der Waals surface area contributed by atoms with E-state index in [0.717, 1.165) is 18.0 Å². The quantitative estimate of drug-likeness (QED) is 0.286. The zero-order chi connectivity index (χ0) is 20.2. The Morgan fingerprint density at radius 3 is 2.30 bits per heavy atom. The molecule has 0 spiro atoms. The lowest BCUT2D eigenvalue weighted by molar-refractivity contribution is -0.757. The van der Waals surface area contributed by atoms with Crippen LogP contribution >= 0.6 is 0 Å². The lowest BCUT2D eigenvalue weighted by atomic mass is 10.1. The molecule has 1 aromatic rings. The third-order valence-electron chi connectivity index (χ3n) is 3.73. The fourth-order valence-electron chi connectivity index (χ4n) is 2.49. The van der Waals surface area contributed by atoms with Crippen molar-refractivity contribution in [2.24, 2.45) is 0 Å². The summed E-state index contributed by atoms with van der Waals surface area (Å²) in [5.41, 5.74) is 0.687. The van der Waals surface area contributed by atoms with Gasteiger partial charge in [-0.3, -0.25) is 14.5 Å². The largest absolute Gasteiger partial charge is 0.494 e. The van der Waals surface area contributed by atoms with Crippen LogP contribution in [0.3, 0.4) is 0 Å². The van der Waals surface area contributed by atoms with E-state index in [1.54, 1.807) is 18.2 Å². The van der Waals surface area contributed by atoms with Gasteiger partial charge >= 0.3 is 0 Å². The molecule has 1 aliphatic heterocycles. The number of hydrogen-bond donors (Lipinski definition) is 1. The van der Waals surface area contributed by atoms with E-state index in [4.69, 9.17) is 4.74 Å². The van der Waals surface area contributed by atoms with Gasteiger partial charge in [-0.25, -0.2) is 0 Å². The van der Waals surface area contributed by atoms with Crippen molar-refractivity contribution in [3.63, 3.8) is 0 Å². The number of benzene rings is 1. The maximum Gasteiger partial charge on any atom is 0.294 e. The molecular formula is C18H27N3O6. The fraction of sp³-hybridized carbons (Fsp3) is 0.556. The molecule has 2 amide bonds. The maximum absolute atomic E-state index is 12.2. The van der Waals surface area contributed by atoms with E-state index in [2.05, 4.69) is 24.0 Å². The standard InChI is InChI=1S/C14H16N2O6.C4H11N/c1-2-21-10-5-6-11-12(9-10)14(18)15(13(11)17)7-3-4-8-22-16(19)20;1-3-5-4-2/h5-6,9H,2-4,7-8H2,1H3;5H,3-4H2,1-2H3. The van der Waals surface area contributed by atoms with Gasteiger partial charge in [0.15, 0.2) is 0 Å². The van der Waals surface area contributed by atoms with Crippen LogP contribution < -0.4 is 10.1 Å². The molecule has 1 aliphatic rings. The summed E-state index contributed by atoms with van der Waals surface area (Å²) in [4.78, 5) is 39.8. The van der Waals surface area contributed by atoms with Crippen molar-refractivity contribution in [3.05, 3.63) is 39.4 Å². The molecule has 2 rings (SSSR count). The lowest BCUT2D eigenvalue weighted by Gasteiger charge is -2.13. The Morgan fingerprint density at radius 1 is 1.07 bits per heavy atom. The van der Waals surface area contributed by atoms with Crippen LogP contribution in [0.2, 0.25) is 0 Å². The second-order valence-electron chi connectivity index (χ2n) is 5.62. The van der Waals surface area contributed by atoms with Gasteiger partial charge in [-0.2, -0.15) is 0 Å². The molecule has 0 saturated heterocycles. The predicted octanol–water partition coefficient (Wildman–Crippen LogP) is 2.29. The number of ether oxygens (including phenoxy) is 1. The molecule has 0 atom stereocenters. The maximum atomic E-state index is 12.2. The van der Waals surface area contributed by atoms with Crippen molar-refractivity contribution in [1.82, 2.24) is 10.2 Å². The third kappa shape index (κ3) is 6.86. The first-order chi connectivity index (χ1) is 13.0. The highest BCUT2D eigenvalue weighted by atomic mass is 16.9. The van der Waals surface area contributed by atoms with Crippen LogP contribution in [0.25, 0.3) is 0 Å². The van der Waals surface area contributed by atoms with Crippen LogP contribution in [0.5, 0.6) is 5.75 Å². The van der Waals surface area contributed by atoms with Crippen molar-refractivity contribution in [1.29, 1.82) is 0 Å². The minimum Gasteiger partial charge on any atom is -0.494 e. The number of hydrogen-bond acceptors (Lipinski definition) is 7. The minimum atomic E-state index is -0.864. The van der Waals surface area contributed by atoms with Crippen molar-refractivity contribution < 1.29 is 24.3 Å². The molecule has 0 saturated carbocycles. The van der Waals surface area contributed by atoms with E-state index >= 15 is 0 Å². The lowest BCUT2D eigenvalue weighted by Crippen LogP contribution is -2.30. The summed E-state index contributed by atoms with van der Waals surface area (Å²) >= 11 is 0. The van der Waals surface area contributed by atoms with Crippen molar-refractivity contribution in [2.75, 3.05) is 32.8 Å². The number of unbranched alkanes of at least 4 members (excludes halogenated alkanes) is 1. The molecule has 150 valence electrons. The van der Waals surface area contributed by atoms with E-state index < -0.39 is 5.09 Å². The summed E-state index contributed by atoms with van der Waals surface area (Å²) < 4.78 is 5.32. The van der Waals surface area contributed by atoms with Gasteiger partial charge in [0, 0.05) is 6.54 Å². The molecule has 0 aliphatic carbocycles. The summed E-state index contributed by atoms with van der Waals surface area (Å²) in [6.45, 7) is 8.85. The fourth-order valence-corrected chi connectivity index (χ4v) is 2.49.